The second kappa shape index (κ2) is 4.09. The maximum absolute atomic E-state index is 11.1. The zero-order chi connectivity index (χ0) is 10.2. The smallest absolute Gasteiger partial charge is 0.242 e. The zero-order valence-electron chi connectivity index (χ0n) is 7.41. The molecule has 2 N–H and O–H groups in total. The molecule has 7 heteroatoms. The van der Waals surface area contributed by atoms with Gasteiger partial charge in [0.05, 0.1) is 0 Å². The molecule has 1 aliphatic rings. The molecule has 1 aromatic rings. The summed E-state index contributed by atoms with van der Waals surface area (Å²) in [6, 6.07) is 6.57. The molecular weight excluding hydrogens is 242 g/mol. The van der Waals surface area contributed by atoms with Crippen molar-refractivity contribution in [2.45, 2.75) is 0 Å². The third kappa shape index (κ3) is 2.23. The summed E-state index contributed by atoms with van der Waals surface area (Å²) in [4.78, 5) is 9.18. The van der Waals surface area contributed by atoms with Crippen molar-refractivity contribution in [1.82, 2.24) is 0 Å². The lowest BCUT2D eigenvalue weighted by Crippen LogP contribution is -2.17. The molecule has 0 aromatic heterocycles. The van der Waals surface area contributed by atoms with Gasteiger partial charge in [0.25, 0.3) is 0 Å². The predicted molar refractivity (Wildman–Crippen MR) is 56.5 cm³/mol. The molecule has 0 radical (unpaired) electrons. The number of primary sulfonamides is 1. The second-order valence-electron chi connectivity index (χ2n) is 2.70. The minimum absolute atomic E-state index is 0. The molecule has 0 atom stereocenters. The van der Waals surface area contributed by atoms with Crippen molar-refractivity contribution < 1.29 is 18.2 Å². The first-order chi connectivity index (χ1) is 6.59. The van der Waals surface area contributed by atoms with Gasteiger partial charge in [-0.25, -0.2) is 13.6 Å². The standard InChI is InChI=1S/C8H7NO4S.ClH/c9-14(10,11)8-5-12-13-7-4-2-1-3-6(7)8;/h1-5H,(H2,9,10,11);1H. The molecule has 5 nitrogen and oxygen atoms in total. The Balaban J connectivity index is 0.00000112. The van der Waals surface area contributed by atoms with E-state index in [0.29, 0.717) is 11.3 Å². The second-order valence-corrected chi connectivity index (χ2v) is 4.23. The zero-order valence-corrected chi connectivity index (χ0v) is 9.05. The molecule has 1 heterocycles. The van der Waals surface area contributed by atoms with Crippen molar-refractivity contribution in [1.29, 1.82) is 0 Å². The number of sulfonamides is 1. The fourth-order valence-corrected chi connectivity index (χ4v) is 1.79. The van der Waals surface area contributed by atoms with Crippen molar-refractivity contribution in [2.75, 3.05) is 0 Å². The van der Waals surface area contributed by atoms with Crippen LogP contribution in [0.15, 0.2) is 30.5 Å². The van der Waals surface area contributed by atoms with E-state index in [1.54, 1.807) is 24.3 Å². The highest BCUT2D eigenvalue weighted by Gasteiger charge is 2.23. The highest BCUT2D eigenvalue weighted by Crippen LogP contribution is 2.31. The molecule has 0 unspecified atom stereocenters. The molecule has 15 heavy (non-hydrogen) atoms. The molecule has 0 saturated carbocycles. The van der Waals surface area contributed by atoms with E-state index in [1.165, 1.54) is 0 Å². The first-order valence-corrected chi connectivity index (χ1v) is 5.29. The Morgan fingerprint density at radius 1 is 1.20 bits per heavy atom. The summed E-state index contributed by atoms with van der Waals surface area (Å²) in [5.41, 5.74) is 0.404. The molecule has 1 aliphatic heterocycles. The van der Waals surface area contributed by atoms with Gasteiger partial charge >= 0.3 is 0 Å². The molecule has 82 valence electrons. The number of para-hydroxylation sites is 1. The van der Waals surface area contributed by atoms with Crippen LogP contribution in [0.1, 0.15) is 5.56 Å². The van der Waals surface area contributed by atoms with E-state index in [2.05, 4.69) is 4.89 Å². The van der Waals surface area contributed by atoms with Gasteiger partial charge in [-0.3, -0.25) is 9.78 Å². The SMILES string of the molecule is Cl.NS(=O)(=O)C1=COOc2ccccc21. The van der Waals surface area contributed by atoms with Gasteiger partial charge < -0.3 is 0 Å². The summed E-state index contributed by atoms with van der Waals surface area (Å²) in [5, 5.41) is 4.99. The van der Waals surface area contributed by atoms with Gasteiger partial charge in [0.1, 0.15) is 4.91 Å². The third-order valence-corrected chi connectivity index (χ3v) is 2.68. The minimum Gasteiger partial charge on any atom is -0.296 e. The number of rotatable bonds is 1. The number of hydrogen-bond donors (Lipinski definition) is 1. The first kappa shape index (κ1) is 11.8. The van der Waals surface area contributed by atoms with Crippen molar-refractivity contribution in [2.24, 2.45) is 5.14 Å². The van der Waals surface area contributed by atoms with Crippen molar-refractivity contribution in [3.63, 3.8) is 0 Å². The third-order valence-electron chi connectivity index (χ3n) is 1.75. The summed E-state index contributed by atoms with van der Waals surface area (Å²) in [6.45, 7) is 0. The van der Waals surface area contributed by atoms with Crippen LogP contribution in [0.4, 0.5) is 0 Å². The maximum atomic E-state index is 11.1. The van der Waals surface area contributed by atoms with E-state index in [0.717, 1.165) is 6.26 Å². The number of hydrogen-bond acceptors (Lipinski definition) is 4. The Hall–Kier alpha value is -1.24. The summed E-state index contributed by atoms with van der Waals surface area (Å²) in [7, 11) is -3.78. The van der Waals surface area contributed by atoms with Crippen LogP contribution in [-0.2, 0) is 14.9 Å². The van der Waals surface area contributed by atoms with Crippen LogP contribution in [0.3, 0.4) is 0 Å². The lowest BCUT2D eigenvalue weighted by atomic mass is 10.2. The summed E-state index contributed by atoms with van der Waals surface area (Å²) < 4.78 is 22.2. The molecule has 0 saturated heterocycles. The fourth-order valence-electron chi connectivity index (χ4n) is 1.15. The first-order valence-electron chi connectivity index (χ1n) is 3.75. The Morgan fingerprint density at radius 2 is 1.87 bits per heavy atom. The molecule has 0 spiro atoms. The molecule has 0 aliphatic carbocycles. The molecule has 0 amide bonds. The van der Waals surface area contributed by atoms with E-state index in [9.17, 15) is 8.42 Å². The van der Waals surface area contributed by atoms with Gasteiger partial charge in [0.2, 0.25) is 10.0 Å². The Morgan fingerprint density at radius 3 is 2.53 bits per heavy atom. The summed E-state index contributed by atoms with van der Waals surface area (Å²) in [6.07, 6.45) is 0.970. The number of fused-ring (bicyclic) bond motifs is 1. The molecule has 0 fully saturated rings. The van der Waals surface area contributed by atoms with Gasteiger partial charge in [0, 0.05) is 5.56 Å². The number of benzene rings is 1. The highest BCUT2D eigenvalue weighted by molar-refractivity contribution is 7.98. The van der Waals surface area contributed by atoms with E-state index < -0.39 is 10.0 Å². The monoisotopic (exact) mass is 249 g/mol. The maximum Gasteiger partial charge on any atom is 0.242 e. The number of halogens is 1. The van der Waals surface area contributed by atoms with Crippen LogP contribution in [-0.4, -0.2) is 8.42 Å². The Labute approximate surface area is 92.9 Å². The van der Waals surface area contributed by atoms with E-state index in [4.69, 9.17) is 10.0 Å². The Bertz CT molecular complexity index is 497. The van der Waals surface area contributed by atoms with Gasteiger partial charge in [-0.05, 0) is 12.1 Å². The normalized spacial score (nSPS) is 13.8. The van der Waals surface area contributed by atoms with E-state index >= 15 is 0 Å². The van der Waals surface area contributed by atoms with Crippen LogP contribution in [0.5, 0.6) is 5.75 Å². The molecule has 0 bridgehead atoms. The van der Waals surface area contributed by atoms with Crippen LogP contribution >= 0.6 is 12.4 Å². The lowest BCUT2D eigenvalue weighted by Gasteiger charge is -2.14. The predicted octanol–water partition coefficient (Wildman–Crippen LogP) is 1.02. The Kier molecular flexibility index (Phi) is 3.23. The van der Waals surface area contributed by atoms with Crippen molar-refractivity contribution >= 4 is 27.3 Å². The topological polar surface area (TPSA) is 78.6 Å². The van der Waals surface area contributed by atoms with Crippen LogP contribution in [0, 0.1) is 0 Å². The van der Waals surface area contributed by atoms with Gasteiger partial charge in [0.15, 0.2) is 12.0 Å². The summed E-state index contributed by atoms with van der Waals surface area (Å²) in [5.74, 6) is 0.332. The van der Waals surface area contributed by atoms with Crippen molar-refractivity contribution in [3.8, 4) is 5.75 Å². The van der Waals surface area contributed by atoms with Crippen molar-refractivity contribution in [3.05, 3.63) is 36.1 Å². The average molecular weight is 250 g/mol. The minimum atomic E-state index is -3.78. The highest BCUT2D eigenvalue weighted by atomic mass is 35.5. The number of nitrogens with two attached hydrogens (primary N) is 1. The van der Waals surface area contributed by atoms with Gasteiger partial charge in [-0.15, -0.1) is 12.4 Å². The van der Waals surface area contributed by atoms with Crippen LogP contribution in [0.2, 0.25) is 0 Å². The fraction of sp³-hybridized carbons (Fsp3) is 0. The van der Waals surface area contributed by atoms with E-state index in [1.807, 2.05) is 0 Å². The van der Waals surface area contributed by atoms with Gasteiger partial charge in [-0.2, -0.15) is 0 Å². The van der Waals surface area contributed by atoms with Crippen LogP contribution < -0.4 is 10.0 Å². The molecule has 2 rings (SSSR count). The summed E-state index contributed by atoms with van der Waals surface area (Å²) >= 11 is 0. The average Bonchev–Trinajstić information content (AvgIpc) is 2.15. The quantitative estimate of drug-likeness (QED) is 0.754. The van der Waals surface area contributed by atoms with E-state index in [-0.39, 0.29) is 17.3 Å². The molecular formula is C8H8ClNO4S. The van der Waals surface area contributed by atoms with Crippen LogP contribution in [0.25, 0.3) is 4.91 Å². The van der Waals surface area contributed by atoms with Gasteiger partial charge in [-0.1, -0.05) is 12.1 Å². The lowest BCUT2D eigenvalue weighted by molar-refractivity contribution is -0.151. The molecule has 1 aromatic carbocycles. The largest absolute Gasteiger partial charge is 0.296 e.